The minimum Gasteiger partial charge on any atom is -0.492 e. The number of aliphatic hydroxyl groups excluding tert-OH is 1. The molecule has 1 saturated heterocycles. The van der Waals surface area contributed by atoms with Crippen LogP contribution in [0.5, 0.6) is 5.75 Å². The average molecular weight is 296 g/mol. The third kappa shape index (κ3) is 2.95. The van der Waals surface area contributed by atoms with Crippen LogP contribution in [0.3, 0.4) is 0 Å². The van der Waals surface area contributed by atoms with Gasteiger partial charge in [0.15, 0.2) is 0 Å². The number of hydrogen-bond acceptors (Lipinski definition) is 3. The Balaban J connectivity index is 1.60. The first-order chi connectivity index (χ1) is 9.65. The predicted molar refractivity (Wildman–Crippen MR) is 80.1 cm³/mol. The highest BCUT2D eigenvalue weighted by molar-refractivity contribution is 6.32. The number of halogens is 1. The van der Waals surface area contributed by atoms with E-state index < -0.39 is 0 Å². The second-order valence-corrected chi connectivity index (χ2v) is 6.44. The van der Waals surface area contributed by atoms with E-state index in [1.807, 2.05) is 19.1 Å². The van der Waals surface area contributed by atoms with Crippen LogP contribution in [0.1, 0.15) is 25.3 Å². The largest absolute Gasteiger partial charge is 0.492 e. The first-order valence-electron chi connectivity index (χ1n) is 7.47. The average Bonchev–Trinajstić information content (AvgIpc) is 2.89. The Morgan fingerprint density at radius 2 is 2.00 bits per heavy atom. The highest BCUT2D eigenvalue weighted by Crippen LogP contribution is 2.38. The van der Waals surface area contributed by atoms with Gasteiger partial charge in [0.2, 0.25) is 0 Å². The molecule has 3 nitrogen and oxygen atoms in total. The van der Waals surface area contributed by atoms with Crippen LogP contribution < -0.4 is 4.74 Å². The van der Waals surface area contributed by atoms with Crippen molar-refractivity contribution in [2.24, 2.45) is 11.8 Å². The van der Waals surface area contributed by atoms with Crippen LogP contribution in [0.4, 0.5) is 0 Å². The summed E-state index contributed by atoms with van der Waals surface area (Å²) in [6.07, 6.45) is 1.89. The molecular weight excluding hydrogens is 274 g/mol. The topological polar surface area (TPSA) is 32.7 Å². The van der Waals surface area contributed by atoms with Crippen LogP contribution in [-0.2, 0) is 6.54 Å². The maximum atomic E-state index is 9.68. The van der Waals surface area contributed by atoms with E-state index in [2.05, 4.69) is 11.0 Å². The zero-order valence-corrected chi connectivity index (χ0v) is 12.6. The number of nitrogens with zero attached hydrogens (tertiary/aromatic N) is 1. The Kier molecular flexibility index (Phi) is 4.20. The summed E-state index contributed by atoms with van der Waals surface area (Å²) in [6, 6.07) is 6.07. The summed E-state index contributed by atoms with van der Waals surface area (Å²) >= 11 is 6.23. The van der Waals surface area contributed by atoms with Crippen LogP contribution in [0.25, 0.3) is 0 Å². The maximum Gasteiger partial charge on any atom is 0.137 e. The molecule has 1 aliphatic heterocycles. The zero-order valence-electron chi connectivity index (χ0n) is 11.9. The van der Waals surface area contributed by atoms with Crippen LogP contribution in [-0.4, -0.2) is 35.8 Å². The van der Waals surface area contributed by atoms with Gasteiger partial charge < -0.3 is 9.84 Å². The highest BCUT2D eigenvalue weighted by atomic mass is 35.5. The van der Waals surface area contributed by atoms with Gasteiger partial charge in [-0.15, -0.1) is 0 Å². The third-order valence-corrected chi connectivity index (χ3v) is 4.80. The molecule has 1 aromatic carbocycles. The summed E-state index contributed by atoms with van der Waals surface area (Å²) < 4.78 is 5.46. The van der Waals surface area contributed by atoms with Crippen molar-refractivity contribution in [3.8, 4) is 5.75 Å². The van der Waals surface area contributed by atoms with Gasteiger partial charge in [0.05, 0.1) is 17.7 Å². The summed E-state index contributed by atoms with van der Waals surface area (Å²) in [6.45, 7) is 5.74. The Bertz CT molecular complexity index is 466. The Morgan fingerprint density at radius 3 is 2.60 bits per heavy atom. The van der Waals surface area contributed by atoms with Gasteiger partial charge in [0, 0.05) is 19.6 Å². The molecule has 0 spiro atoms. The molecule has 2 aliphatic rings. The van der Waals surface area contributed by atoms with Crippen molar-refractivity contribution in [1.82, 2.24) is 4.90 Å². The third-order valence-electron chi connectivity index (χ3n) is 4.50. The number of rotatable bonds is 4. The summed E-state index contributed by atoms with van der Waals surface area (Å²) in [5, 5.41) is 10.4. The molecule has 3 atom stereocenters. The summed E-state index contributed by atoms with van der Waals surface area (Å²) in [4.78, 5) is 2.48. The zero-order chi connectivity index (χ0) is 14.1. The van der Waals surface area contributed by atoms with Crippen molar-refractivity contribution in [1.29, 1.82) is 0 Å². The van der Waals surface area contributed by atoms with Crippen molar-refractivity contribution in [3.63, 3.8) is 0 Å². The van der Waals surface area contributed by atoms with E-state index >= 15 is 0 Å². The minimum atomic E-state index is -0.0629. The normalized spacial score (nSPS) is 29.6. The van der Waals surface area contributed by atoms with Crippen molar-refractivity contribution in [3.05, 3.63) is 28.8 Å². The molecule has 4 heteroatoms. The monoisotopic (exact) mass is 295 g/mol. The van der Waals surface area contributed by atoms with E-state index in [1.54, 1.807) is 0 Å². The summed E-state index contributed by atoms with van der Waals surface area (Å²) in [7, 11) is 0. The van der Waals surface area contributed by atoms with Crippen molar-refractivity contribution < 1.29 is 9.84 Å². The second-order valence-electron chi connectivity index (χ2n) is 6.04. The van der Waals surface area contributed by atoms with Crippen molar-refractivity contribution in [2.45, 2.75) is 32.4 Å². The molecule has 0 bridgehead atoms. The molecule has 3 rings (SSSR count). The molecule has 2 fully saturated rings. The fourth-order valence-electron chi connectivity index (χ4n) is 3.67. The van der Waals surface area contributed by atoms with Crippen LogP contribution in [0, 0.1) is 11.8 Å². The fraction of sp³-hybridized carbons (Fsp3) is 0.625. The number of ether oxygens (including phenoxy) is 1. The quantitative estimate of drug-likeness (QED) is 0.927. The van der Waals surface area contributed by atoms with Gasteiger partial charge in [-0.2, -0.15) is 0 Å². The Labute approximate surface area is 125 Å². The predicted octanol–water partition coefficient (Wildman–Crippen LogP) is 2.94. The van der Waals surface area contributed by atoms with Gasteiger partial charge in [-0.1, -0.05) is 17.7 Å². The van der Waals surface area contributed by atoms with Gasteiger partial charge in [-0.3, -0.25) is 4.90 Å². The van der Waals surface area contributed by atoms with Crippen LogP contribution >= 0.6 is 11.6 Å². The van der Waals surface area contributed by atoms with E-state index in [0.717, 1.165) is 38.2 Å². The lowest BCUT2D eigenvalue weighted by Gasteiger charge is -2.18. The molecule has 0 amide bonds. The molecule has 0 radical (unpaired) electrons. The van der Waals surface area contributed by atoms with Gasteiger partial charge in [-0.25, -0.2) is 0 Å². The summed E-state index contributed by atoms with van der Waals surface area (Å²) in [5.41, 5.74) is 1.24. The van der Waals surface area contributed by atoms with E-state index in [0.29, 0.717) is 23.5 Å². The molecule has 110 valence electrons. The minimum absolute atomic E-state index is 0.0629. The molecule has 1 N–H and O–H groups in total. The molecular formula is C16H22ClNO2. The number of hydrogen-bond donors (Lipinski definition) is 1. The highest BCUT2D eigenvalue weighted by Gasteiger charge is 2.39. The molecule has 1 unspecified atom stereocenters. The first-order valence-corrected chi connectivity index (χ1v) is 7.85. The molecule has 1 aliphatic carbocycles. The van der Waals surface area contributed by atoms with Gasteiger partial charge >= 0.3 is 0 Å². The molecule has 1 saturated carbocycles. The van der Waals surface area contributed by atoms with Crippen LogP contribution in [0.15, 0.2) is 18.2 Å². The fourth-order valence-corrected chi connectivity index (χ4v) is 3.93. The summed E-state index contributed by atoms with van der Waals surface area (Å²) in [5.74, 6) is 2.13. The maximum absolute atomic E-state index is 9.68. The number of fused-ring (bicyclic) bond motifs is 1. The first kappa shape index (κ1) is 14.2. The SMILES string of the molecule is CCOc1ccc(CN2C[C@H]3CC(O)C[C@H]3C2)cc1Cl. The van der Waals surface area contributed by atoms with E-state index in [1.165, 1.54) is 5.56 Å². The molecule has 1 aromatic rings. The van der Waals surface area contributed by atoms with Gasteiger partial charge in [-0.05, 0) is 49.3 Å². The van der Waals surface area contributed by atoms with Crippen molar-refractivity contribution in [2.75, 3.05) is 19.7 Å². The number of aliphatic hydroxyl groups is 1. The van der Waals surface area contributed by atoms with Gasteiger partial charge in [0.1, 0.15) is 5.75 Å². The second kappa shape index (κ2) is 5.92. The van der Waals surface area contributed by atoms with E-state index in [9.17, 15) is 5.11 Å². The van der Waals surface area contributed by atoms with E-state index in [-0.39, 0.29) is 6.10 Å². The Hall–Kier alpha value is -0.770. The lowest BCUT2D eigenvalue weighted by atomic mass is 10.0. The standard InChI is InChI=1S/C16H22ClNO2/c1-2-20-16-4-3-11(5-15(16)17)8-18-9-12-6-14(19)7-13(12)10-18/h3-5,12-14,19H,2,6-10H2,1H3/t12-,13+,14?. The smallest absolute Gasteiger partial charge is 0.137 e. The molecule has 1 heterocycles. The Morgan fingerprint density at radius 1 is 1.30 bits per heavy atom. The number of benzene rings is 1. The molecule has 20 heavy (non-hydrogen) atoms. The van der Waals surface area contributed by atoms with Crippen LogP contribution in [0.2, 0.25) is 5.02 Å². The van der Waals surface area contributed by atoms with Crippen molar-refractivity contribution >= 4 is 11.6 Å². The number of likely N-dealkylation sites (tertiary alicyclic amines) is 1. The molecule has 0 aromatic heterocycles. The van der Waals surface area contributed by atoms with E-state index in [4.69, 9.17) is 16.3 Å². The lowest BCUT2D eigenvalue weighted by molar-refractivity contribution is 0.161. The lowest BCUT2D eigenvalue weighted by Crippen LogP contribution is -2.22. The van der Waals surface area contributed by atoms with Gasteiger partial charge in [0.25, 0.3) is 0 Å².